The maximum atomic E-state index is 12.5. The van der Waals surface area contributed by atoms with Crippen LogP contribution in [0, 0.1) is 20.8 Å². The van der Waals surface area contributed by atoms with Crippen LogP contribution in [0.4, 0.5) is 11.4 Å². The highest BCUT2D eigenvalue weighted by atomic mass is 32.2. The lowest BCUT2D eigenvalue weighted by Gasteiger charge is -2.17. The van der Waals surface area contributed by atoms with E-state index in [-0.39, 0.29) is 17.3 Å². The lowest BCUT2D eigenvalue weighted by atomic mass is 10.1. The molecule has 164 valence electrons. The first-order valence-corrected chi connectivity index (χ1v) is 12.0. The Labute approximate surface area is 187 Å². The Morgan fingerprint density at radius 2 is 1.87 bits per heavy atom. The minimum absolute atomic E-state index is 0.00574. The SMILES string of the molecule is Cc1nc(-c2cccc(NC(=O)CNc3cc(S(=O)(=O)N(C)C)cc(C)c3C)c2)cs1. The molecule has 7 nitrogen and oxygen atoms in total. The molecule has 0 aliphatic heterocycles. The van der Waals surface area contributed by atoms with E-state index in [2.05, 4.69) is 15.6 Å². The molecule has 9 heteroatoms. The van der Waals surface area contributed by atoms with Gasteiger partial charge in [0.05, 0.1) is 22.1 Å². The number of hydrogen-bond donors (Lipinski definition) is 2. The first kappa shape index (κ1) is 22.9. The minimum atomic E-state index is -3.57. The number of carbonyl (C=O) groups excluding carboxylic acids is 1. The molecule has 0 saturated heterocycles. The molecular weight excluding hydrogens is 432 g/mol. The van der Waals surface area contributed by atoms with Crippen molar-refractivity contribution < 1.29 is 13.2 Å². The number of carbonyl (C=O) groups is 1. The van der Waals surface area contributed by atoms with Crippen molar-refractivity contribution in [2.75, 3.05) is 31.3 Å². The molecule has 1 aromatic heterocycles. The second-order valence-corrected chi connectivity index (χ2v) is 10.6. The summed E-state index contributed by atoms with van der Waals surface area (Å²) < 4.78 is 26.2. The first-order chi connectivity index (χ1) is 14.6. The molecule has 0 fully saturated rings. The van der Waals surface area contributed by atoms with Crippen LogP contribution in [0.5, 0.6) is 0 Å². The summed E-state index contributed by atoms with van der Waals surface area (Å²) in [6, 6.07) is 10.7. The minimum Gasteiger partial charge on any atom is -0.376 e. The second-order valence-electron chi connectivity index (χ2n) is 7.43. The van der Waals surface area contributed by atoms with Crippen molar-refractivity contribution in [3.8, 4) is 11.3 Å². The van der Waals surface area contributed by atoms with Gasteiger partial charge in [0.2, 0.25) is 15.9 Å². The Morgan fingerprint density at radius 3 is 2.52 bits per heavy atom. The van der Waals surface area contributed by atoms with Gasteiger partial charge in [0, 0.05) is 36.4 Å². The maximum absolute atomic E-state index is 12.5. The highest BCUT2D eigenvalue weighted by molar-refractivity contribution is 7.89. The number of amides is 1. The molecule has 0 atom stereocenters. The number of nitrogens with one attached hydrogen (secondary N) is 2. The number of aryl methyl sites for hydroxylation is 2. The number of rotatable bonds is 7. The number of sulfonamides is 1. The van der Waals surface area contributed by atoms with Crippen LogP contribution in [-0.4, -0.2) is 44.3 Å². The van der Waals surface area contributed by atoms with Crippen molar-refractivity contribution in [3.63, 3.8) is 0 Å². The number of aromatic nitrogens is 1. The zero-order chi connectivity index (χ0) is 22.8. The summed E-state index contributed by atoms with van der Waals surface area (Å²) in [7, 11) is -0.583. The predicted molar refractivity (Wildman–Crippen MR) is 126 cm³/mol. The van der Waals surface area contributed by atoms with Crippen LogP contribution in [0.15, 0.2) is 46.7 Å². The van der Waals surface area contributed by atoms with Gasteiger partial charge in [-0.3, -0.25) is 4.79 Å². The quantitative estimate of drug-likeness (QED) is 0.558. The highest BCUT2D eigenvalue weighted by Gasteiger charge is 2.19. The molecule has 3 rings (SSSR count). The third-order valence-electron chi connectivity index (χ3n) is 4.92. The van der Waals surface area contributed by atoms with Gasteiger partial charge in [-0.25, -0.2) is 17.7 Å². The van der Waals surface area contributed by atoms with E-state index in [9.17, 15) is 13.2 Å². The van der Waals surface area contributed by atoms with Crippen LogP contribution in [0.1, 0.15) is 16.1 Å². The number of nitrogens with zero attached hydrogens (tertiary/aromatic N) is 2. The van der Waals surface area contributed by atoms with Crippen LogP contribution in [0.3, 0.4) is 0 Å². The Bertz CT molecular complexity index is 1220. The number of hydrogen-bond acceptors (Lipinski definition) is 6. The van der Waals surface area contributed by atoms with E-state index in [1.54, 1.807) is 23.5 Å². The van der Waals surface area contributed by atoms with Gasteiger partial charge in [0.15, 0.2) is 0 Å². The van der Waals surface area contributed by atoms with Gasteiger partial charge in [-0.1, -0.05) is 12.1 Å². The average Bonchev–Trinajstić information content (AvgIpc) is 3.15. The fourth-order valence-corrected chi connectivity index (χ4v) is 4.64. The zero-order valence-electron chi connectivity index (χ0n) is 18.2. The molecule has 2 N–H and O–H groups in total. The third-order valence-corrected chi connectivity index (χ3v) is 7.49. The highest BCUT2D eigenvalue weighted by Crippen LogP contribution is 2.26. The fraction of sp³-hybridized carbons (Fsp3) is 0.273. The fourth-order valence-electron chi connectivity index (χ4n) is 3.00. The monoisotopic (exact) mass is 458 g/mol. The molecule has 0 unspecified atom stereocenters. The standard InChI is InChI=1S/C22H26N4O3S2/c1-14-9-19(31(28,29)26(4)5)11-20(15(14)2)23-12-22(27)25-18-8-6-7-17(10-18)21-13-30-16(3)24-21/h6-11,13,23H,12H2,1-5H3,(H,25,27). The van der Waals surface area contributed by atoms with Gasteiger partial charge in [0.25, 0.3) is 0 Å². The van der Waals surface area contributed by atoms with Crippen molar-refractivity contribution in [3.05, 3.63) is 57.9 Å². The van der Waals surface area contributed by atoms with Crippen LogP contribution in [0.25, 0.3) is 11.3 Å². The van der Waals surface area contributed by atoms with Gasteiger partial charge in [-0.15, -0.1) is 11.3 Å². The van der Waals surface area contributed by atoms with Crippen LogP contribution < -0.4 is 10.6 Å². The molecule has 2 aromatic carbocycles. The Hall–Kier alpha value is -2.75. The summed E-state index contributed by atoms with van der Waals surface area (Å²) in [6.07, 6.45) is 0. The van der Waals surface area contributed by atoms with Crippen molar-refractivity contribution in [2.45, 2.75) is 25.7 Å². The Balaban J connectivity index is 1.72. The van der Waals surface area contributed by atoms with Gasteiger partial charge >= 0.3 is 0 Å². The van der Waals surface area contributed by atoms with Crippen molar-refractivity contribution in [1.29, 1.82) is 0 Å². The van der Waals surface area contributed by atoms with Gasteiger partial charge in [-0.05, 0) is 56.2 Å². The molecule has 3 aromatic rings. The summed E-state index contributed by atoms with van der Waals surface area (Å²) in [4.78, 5) is 17.2. The molecule has 0 saturated carbocycles. The number of thiazole rings is 1. The average molecular weight is 459 g/mol. The van der Waals surface area contributed by atoms with Crippen LogP contribution in [-0.2, 0) is 14.8 Å². The summed E-state index contributed by atoms with van der Waals surface area (Å²) in [5.74, 6) is -0.232. The normalized spacial score (nSPS) is 11.5. The first-order valence-electron chi connectivity index (χ1n) is 9.68. The molecular formula is C22H26N4O3S2. The van der Waals surface area contributed by atoms with Gasteiger partial charge in [0.1, 0.15) is 0 Å². The molecule has 0 radical (unpaired) electrons. The van der Waals surface area contributed by atoms with E-state index in [4.69, 9.17) is 0 Å². The van der Waals surface area contributed by atoms with E-state index in [1.165, 1.54) is 18.4 Å². The van der Waals surface area contributed by atoms with E-state index in [0.717, 1.165) is 27.4 Å². The summed E-state index contributed by atoms with van der Waals surface area (Å²) in [5, 5.41) is 8.91. The van der Waals surface area contributed by atoms with Gasteiger partial charge in [-0.2, -0.15) is 0 Å². The lowest BCUT2D eigenvalue weighted by Crippen LogP contribution is -2.24. The van der Waals surface area contributed by atoms with Crippen LogP contribution in [0.2, 0.25) is 0 Å². The Kier molecular flexibility index (Phi) is 6.78. The molecule has 0 spiro atoms. The summed E-state index contributed by atoms with van der Waals surface area (Å²) >= 11 is 1.58. The van der Waals surface area contributed by atoms with E-state index in [1.807, 2.05) is 50.4 Å². The summed E-state index contributed by atoms with van der Waals surface area (Å²) in [6.45, 7) is 5.70. The van der Waals surface area contributed by atoms with E-state index < -0.39 is 10.0 Å². The molecule has 1 heterocycles. The molecule has 0 bridgehead atoms. The van der Waals surface area contributed by atoms with Crippen molar-refractivity contribution in [2.24, 2.45) is 0 Å². The lowest BCUT2D eigenvalue weighted by molar-refractivity contribution is -0.114. The smallest absolute Gasteiger partial charge is 0.243 e. The summed E-state index contributed by atoms with van der Waals surface area (Å²) in [5.41, 5.74) is 4.82. The number of anilines is 2. The maximum Gasteiger partial charge on any atom is 0.243 e. The molecule has 0 aliphatic carbocycles. The van der Waals surface area contributed by atoms with E-state index in [0.29, 0.717) is 11.4 Å². The topological polar surface area (TPSA) is 91.4 Å². The second kappa shape index (κ2) is 9.17. The number of benzene rings is 2. The molecule has 0 aliphatic rings. The zero-order valence-corrected chi connectivity index (χ0v) is 19.8. The van der Waals surface area contributed by atoms with Crippen molar-refractivity contribution in [1.82, 2.24) is 9.29 Å². The van der Waals surface area contributed by atoms with Gasteiger partial charge < -0.3 is 10.6 Å². The predicted octanol–water partition coefficient (Wildman–Crippen LogP) is 4.04. The molecule has 31 heavy (non-hydrogen) atoms. The van der Waals surface area contributed by atoms with E-state index >= 15 is 0 Å². The van der Waals surface area contributed by atoms with Crippen molar-refractivity contribution >= 4 is 38.6 Å². The Morgan fingerprint density at radius 1 is 1.13 bits per heavy atom. The largest absolute Gasteiger partial charge is 0.376 e. The van der Waals surface area contributed by atoms with Crippen LogP contribution >= 0.6 is 11.3 Å². The molecule has 1 amide bonds. The third kappa shape index (κ3) is 5.30.